The predicted molar refractivity (Wildman–Crippen MR) is 118 cm³/mol. The van der Waals surface area contributed by atoms with Crippen molar-refractivity contribution in [2.24, 2.45) is 11.8 Å². The Labute approximate surface area is 184 Å². The molecule has 0 aliphatic carbocycles. The lowest BCUT2D eigenvalue weighted by atomic mass is 9.78. The van der Waals surface area contributed by atoms with E-state index < -0.39 is 41.2 Å². The van der Waals surface area contributed by atoms with Crippen molar-refractivity contribution in [2.75, 3.05) is 4.90 Å². The number of aromatic hydroxyl groups is 1. The third-order valence-electron chi connectivity index (χ3n) is 6.87. The third-order valence-corrected chi connectivity index (χ3v) is 6.87. The van der Waals surface area contributed by atoms with Gasteiger partial charge in [-0.25, -0.2) is 4.90 Å². The summed E-state index contributed by atoms with van der Waals surface area (Å²) >= 11 is 0. The van der Waals surface area contributed by atoms with Gasteiger partial charge in [-0.15, -0.1) is 0 Å². The minimum atomic E-state index is -1.62. The van der Waals surface area contributed by atoms with Gasteiger partial charge in [0.2, 0.25) is 11.8 Å². The Hall–Kier alpha value is -3.71. The van der Waals surface area contributed by atoms with Crippen LogP contribution in [0.5, 0.6) is 5.75 Å². The van der Waals surface area contributed by atoms with E-state index in [-0.39, 0.29) is 12.2 Å². The predicted octanol–water partition coefficient (Wildman–Crippen LogP) is 3.23. The fourth-order valence-corrected chi connectivity index (χ4v) is 5.33. The van der Waals surface area contributed by atoms with Crippen molar-refractivity contribution in [3.8, 4) is 5.75 Å². The van der Waals surface area contributed by atoms with E-state index in [0.29, 0.717) is 11.3 Å². The second-order valence-corrected chi connectivity index (χ2v) is 8.32. The molecule has 2 aliphatic rings. The van der Waals surface area contributed by atoms with Crippen molar-refractivity contribution in [2.45, 2.75) is 24.9 Å². The van der Waals surface area contributed by atoms with E-state index in [0.717, 1.165) is 15.7 Å². The Morgan fingerprint density at radius 3 is 2.41 bits per heavy atom. The average molecular weight is 430 g/mol. The number of para-hydroxylation sites is 1. The first kappa shape index (κ1) is 20.2. The lowest BCUT2D eigenvalue weighted by molar-refractivity contribution is -0.149. The molecule has 3 aromatic rings. The number of aliphatic carboxylic acids is 1. The number of hydrogen-bond donors (Lipinski definition) is 3. The largest absolute Gasteiger partial charge is 0.508 e. The van der Waals surface area contributed by atoms with E-state index in [1.54, 1.807) is 37.3 Å². The molecule has 0 aromatic heterocycles. The summed E-state index contributed by atoms with van der Waals surface area (Å²) < 4.78 is 0. The van der Waals surface area contributed by atoms with Crippen molar-refractivity contribution in [3.63, 3.8) is 0 Å². The minimum Gasteiger partial charge on any atom is -0.508 e. The average Bonchev–Trinajstić information content (AvgIpc) is 3.28. The minimum absolute atomic E-state index is 0.0510. The zero-order valence-corrected chi connectivity index (χ0v) is 17.4. The molecule has 0 saturated carbocycles. The number of fused-ring (bicyclic) bond motifs is 2. The van der Waals surface area contributed by atoms with E-state index >= 15 is 0 Å². The number of amides is 2. The normalized spacial score (nSPS) is 27.2. The van der Waals surface area contributed by atoms with Crippen LogP contribution in [-0.2, 0) is 14.4 Å². The lowest BCUT2D eigenvalue weighted by Crippen LogP contribution is -2.55. The summed E-state index contributed by atoms with van der Waals surface area (Å²) in [5.74, 6) is -4.29. The highest BCUT2D eigenvalue weighted by atomic mass is 16.4. The molecule has 2 amide bonds. The number of hydrogen-bond acceptors (Lipinski definition) is 5. The van der Waals surface area contributed by atoms with Gasteiger partial charge in [-0.05, 0) is 23.9 Å². The molecule has 4 atom stereocenters. The molecule has 2 fully saturated rings. The van der Waals surface area contributed by atoms with Gasteiger partial charge in [0, 0.05) is 17.0 Å². The van der Waals surface area contributed by atoms with Crippen LogP contribution in [0.25, 0.3) is 10.8 Å². The second kappa shape index (κ2) is 7.17. The zero-order chi connectivity index (χ0) is 22.6. The summed E-state index contributed by atoms with van der Waals surface area (Å²) in [5, 5.41) is 25.3. The van der Waals surface area contributed by atoms with Crippen LogP contribution in [-0.4, -0.2) is 33.5 Å². The maximum atomic E-state index is 13.8. The molecule has 2 heterocycles. The highest BCUT2D eigenvalue weighted by Gasteiger charge is 2.68. The lowest BCUT2D eigenvalue weighted by Gasteiger charge is -2.30. The van der Waals surface area contributed by atoms with Gasteiger partial charge in [0.25, 0.3) is 0 Å². The summed E-state index contributed by atoms with van der Waals surface area (Å²) in [6.45, 7) is 1.68. The van der Waals surface area contributed by atoms with E-state index in [4.69, 9.17) is 0 Å². The maximum Gasteiger partial charge on any atom is 0.324 e. The van der Waals surface area contributed by atoms with Gasteiger partial charge < -0.3 is 10.2 Å². The number of rotatable bonds is 4. The van der Waals surface area contributed by atoms with E-state index in [2.05, 4.69) is 5.32 Å². The summed E-state index contributed by atoms with van der Waals surface area (Å²) in [5.41, 5.74) is -0.775. The summed E-state index contributed by atoms with van der Waals surface area (Å²) in [6, 6.07) is 18.5. The number of carbonyl (C=O) groups excluding carboxylic acids is 2. The maximum absolute atomic E-state index is 13.8. The van der Waals surface area contributed by atoms with Crippen LogP contribution in [0.3, 0.4) is 0 Å². The molecule has 7 nitrogen and oxygen atoms in total. The van der Waals surface area contributed by atoms with Crippen LogP contribution in [0.4, 0.5) is 5.69 Å². The first-order valence-electron chi connectivity index (χ1n) is 10.5. The number of nitrogens with one attached hydrogen (secondary N) is 1. The SMILES string of the molecule is CC[C@]1(C(=O)O)N[C@H](c2ccccc2O)[C@@H]2C(=O)N(c3cccc4ccccc34)C(=O)[C@@H]21. The number of imide groups is 1. The van der Waals surface area contributed by atoms with Crippen molar-refractivity contribution >= 4 is 34.2 Å². The molecule has 32 heavy (non-hydrogen) atoms. The zero-order valence-electron chi connectivity index (χ0n) is 17.4. The highest BCUT2D eigenvalue weighted by Crippen LogP contribution is 2.52. The molecule has 2 aliphatic heterocycles. The molecule has 0 bridgehead atoms. The monoisotopic (exact) mass is 430 g/mol. The number of benzene rings is 3. The van der Waals surface area contributed by atoms with Crippen LogP contribution in [0.15, 0.2) is 66.7 Å². The summed E-state index contributed by atoms with van der Waals surface area (Å²) in [7, 11) is 0. The smallest absolute Gasteiger partial charge is 0.324 e. The van der Waals surface area contributed by atoms with Crippen molar-refractivity contribution in [1.82, 2.24) is 5.32 Å². The second-order valence-electron chi connectivity index (χ2n) is 8.32. The van der Waals surface area contributed by atoms with Gasteiger partial charge >= 0.3 is 5.97 Å². The fraction of sp³-hybridized carbons (Fsp3) is 0.240. The van der Waals surface area contributed by atoms with Gasteiger partial charge in [-0.2, -0.15) is 0 Å². The molecule has 3 N–H and O–H groups in total. The van der Waals surface area contributed by atoms with Crippen LogP contribution in [0.2, 0.25) is 0 Å². The number of phenols is 1. The Bertz CT molecular complexity index is 1270. The van der Waals surface area contributed by atoms with Crippen molar-refractivity contribution in [3.05, 3.63) is 72.3 Å². The van der Waals surface area contributed by atoms with E-state index in [1.807, 2.05) is 30.3 Å². The summed E-state index contributed by atoms with van der Waals surface area (Å²) in [6.07, 6.45) is 0.107. The molecule has 2 saturated heterocycles. The number of carboxylic acids is 1. The van der Waals surface area contributed by atoms with Crippen LogP contribution in [0, 0.1) is 11.8 Å². The first-order valence-corrected chi connectivity index (χ1v) is 10.5. The van der Waals surface area contributed by atoms with Gasteiger partial charge in [0.15, 0.2) is 0 Å². The Balaban J connectivity index is 1.70. The topological polar surface area (TPSA) is 107 Å². The quantitative estimate of drug-likeness (QED) is 0.549. The van der Waals surface area contributed by atoms with Crippen molar-refractivity contribution < 1.29 is 24.6 Å². The Kier molecular flexibility index (Phi) is 4.53. The molecule has 5 rings (SSSR count). The Morgan fingerprint density at radius 2 is 1.69 bits per heavy atom. The van der Waals surface area contributed by atoms with E-state index in [1.165, 1.54) is 6.07 Å². The molecular weight excluding hydrogens is 408 g/mol. The van der Waals surface area contributed by atoms with Gasteiger partial charge in [0.1, 0.15) is 11.3 Å². The van der Waals surface area contributed by atoms with Gasteiger partial charge in [-0.1, -0.05) is 61.5 Å². The molecule has 3 aromatic carbocycles. The first-order chi connectivity index (χ1) is 15.4. The Morgan fingerprint density at radius 1 is 1.00 bits per heavy atom. The molecule has 0 unspecified atom stereocenters. The molecule has 0 radical (unpaired) electrons. The third kappa shape index (κ3) is 2.61. The number of anilines is 1. The van der Waals surface area contributed by atoms with Gasteiger partial charge in [-0.3, -0.25) is 19.7 Å². The van der Waals surface area contributed by atoms with Crippen LogP contribution < -0.4 is 10.2 Å². The van der Waals surface area contributed by atoms with Crippen molar-refractivity contribution in [1.29, 1.82) is 0 Å². The summed E-state index contributed by atoms with van der Waals surface area (Å²) in [4.78, 5) is 41.1. The number of phenolic OH excluding ortho intramolecular Hbond substituents is 1. The van der Waals surface area contributed by atoms with Crippen LogP contribution in [0.1, 0.15) is 24.9 Å². The molecule has 0 spiro atoms. The number of nitrogens with zero attached hydrogens (tertiary/aromatic N) is 1. The number of carboxylic acid groups (broad SMARTS) is 1. The highest BCUT2D eigenvalue weighted by molar-refractivity contribution is 6.26. The number of carbonyl (C=O) groups is 3. The van der Waals surface area contributed by atoms with E-state index in [9.17, 15) is 24.6 Å². The fourth-order valence-electron chi connectivity index (χ4n) is 5.33. The molecular formula is C25H22N2O5. The van der Waals surface area contributed by atoms with Gasteiger partial charge in [0.05, 0.1) is 17.5 Å². The van der Waals surface area contributed by atoms with Crippen LogP contribution >= 0.6 is 0 Å². The standard InChI is InChI=1S/C25H22N2O5/c1-2-25(24(31)32)20-19(21(26-25)16-11-5-6-13-18(16)28)22(29)27(23(20)30)17-12-7-9-14-8-3-4-10-15(14)17/h3-13,19-21,26,28H,2H2,1H3,(H,31,32)/t19-,20-,21-,25+/m1/s1. The molecule has 7 heteroatoms. The molecule has 162 valence electrons.